The van der Waals surface area contributed by atoms with E-state index in [4.69, 9.17) is 4.74 Å². The van der Waals surface area contributed by atoms with Crippen molar-refractivity contribution in [1.82, 2.24) is 5.32 Å². The standard InChI is InChI=1S/C14H22N2O4S/c1-10(2)15-14(17)11(3)20-13-8-6-12(7-9-13)16(4)21(5,18)19/h6-11H,1-5H3,(H,15,17). The molecule has 1 rings (SSSR count). The molecule has 1 amide bonds. The molecule has 0 radical (unpaired) electrons. The molecule has 1 unspecified atom stereocenters. The van der Waals surface area contributed by atoms with E-state index >= 15 is 0 Å². The Morgan fingerprint density at radius 2 is 1.71 bits per heavy atom. The normalized spacial score (nSPS) is 12.9. The number of nitrogens with one attached hydrogen (secondary N) is 1. The molecule has 0 aliphatic heterocycles. The fourth-order valence-electron chi connectivity index (χ4n) is 1.59. The highest BCUT2D eigenvalue weighted by atomic mass is 32.2. The Bertz CT molecular complexity index is 581. The summed E-state index contributed by atoms with van der Waals surface area (Å²) in [5.41, 5.74) is 0.532. The van der Waals surface area contributed by atoms with Gasteiger partial charge in [0.25, 0.3) is 5.91 Å². The smallest absolute Gasteiger partial charge is 0.260 e. The number of carbonyl (C=O) groups is 1. The third-order valence-electron chi connectivity index (χ3n) is 2.81. The van der Waals surface area contributed by atoms with Crippen molar-refractivity contribution in [3.63, 3.8) is 0 Å². The van der Waals surface area contributed by atoms with Crippen molar-refractivity contribution < 1.29 is 17.9 Å². The van der Waals surface area contributed by atoms with Crippen molar-refractivity contribution in [2.24, 2.45) is 0 Å². The van der Waals surface area contributed by atoms with Crippen molar-refractivity contribution >= 4 is 21.6 Å². The van der Waals surface area contributed by atoms with E-state index in [-0.39, 0.29) is 11.9 Å². The van der Waals surface area contributed by atoms with E-state index in [0.717, 1.165) is 6.26 Å². The molecule has 118 valence electrons. The highest BCUT2D eigenvalue weighted by Crippen LogP contribution is 2.21. The van der Waals surface area contributed by atoms with Crippen molar-refractivity contribution in [2.75, 3.05) is 17.6 Å². The highest BCUT2D eigenvalue weighted by molar-refractivity contribution is 7.92. The van der Waals surface area contributed by atoms with Crippen molar-refractivity contribution in [3.8, 4) is 5.75 Å². The van der Waals surface area contributed by atoms with E-state index in [9.17, 15) is 13.2 Å². The van der Waals surface area contributed by atoms with Gasteiger partial charge in [0, 0.05) is 13.1 Å². The number of nitrogens with zero attached hydrogens (tertiary/aromatic N) is 1. The van der Waals surface area contributed by atoms with Crippen LogP contribution in [0.25, 0.3) is 0 Å². The monoisotopic (exact) mass is 314 g/mol. The molecule has 1 aromatic carbocycles. The minimum atomic E-state index is -3.29. The maximum atomic E-state index is 11.7. The molecule has 0 saturated heterocycles. The van der Waals surface area contributed by atoms with Crippen molar-refractivity contribution in [2.45, 2.75) is 32.9 Å². The summed E-state index contributed by atoms with van der Waals surface area (Å²) in [6.07, 6.45) is 0.515. The Balaban J connectivity index is 2.73. The summed E-state index contributed by atoms with van der Waals surface area (Å²) in [6.45, 7) is 5.41. The van der Waals surface area contributed by atoms with Gasteiger partial charge in [0.05, 0.1) is 11.9 Å². The lowest BCUT2D eigenvalue weighted by Gasteiger charge is -2.19. The summed E-state index contributed by atoms with van der Waals surface area (Å²) in [4.78, 5) is 11.7. The number of carbonyl (C=O) groups excluding carboxylic acids is 1. The van der Waals surface area contributed by atoms with Gasteiger partial charge in [0.2, 0.25) is 10.0 Å². The molecule has 0 fully saturated rings. The van der Waals surface area contributed by atoms with Crippen LogP contribution < -0.4 is 14.4 Å². The minimum absolute atomic E-state index is 0.0503. The van der Waals surface area contributed by atoms with E-state index in [2.05, 4.69) is 5.32 Å². The van der Waals surface area contributed by atoms with E-state index in [1.165, 1.54) is 11.4 Å². The first-order chi connectivity index (χ1) is 9.61. The number of sulfonamides is 1. The Labute approximate surface area is 126 Å². The molecule has 6 nitrogen and oxygen atoms in total. The Morgan fingerprint density at radius 3 is 2.14 bits per heavy atom. The molecule has 21 heavy (non-hydrogen) atoms. The molecule has 7 heteroatoms. The van der Waals surface area contributed by atoms with Crippen LogP contribution >= 0.6 is 0 Å². The summed E-state index contributed by atoms with van der Waals surface area (Å²) in [5.74, 6) is 0.314. The lowest BCUT2D eigenvalue weighted by molar-refractivity contribution is -0.127. The molecule has 0 saturated carbocycles. The first kappa shape index (κ1) is 17.3. The zero-order chi connectivity index (χ0) is 16.2. The van der Waals surface area contributed by atoms with Crippen LogP contribution in [0.2, 0.25) is 0 Å². The second kappa shape index (κ2) is 6.80. The summed E-state index contributed by atoms with van der Waals surface area (Å²) in [6, 6.07) is 6.58. The zero-order valence-electron chi connectivity index (χ0n) is 13.0. The molecule has 0 spiro atoms. The van der Waals surface area contributed by atoms with Gasteiger partial charge >= 0.3 is 0 Å². The van der Waals surface area contributed by atoms with E-state index < -0.39 is 16.1 Å². The largest absolute Gasteiger partial charge is 0.481 e. The molecule has 0 heterocycles. The number of amides is 1. The first-order valence-electron chi connectivity index (χ1n) is 6.62. The van der Waals surface area contributed by atoms with Gasteiger partial charge in [-0.25, -0.2) is 8.42 Å². The van der Waals surface area contributed by atoms with Crippen LogP contribution in [0.4, 0.5) is 5.69 Å². The average molecular weight is 314 g/mol. The summed E-state index contributed by atoms with van der Waals surface area (Å²) in [5, 5.41) is 2.76. The predicted octanol–water partition coefficient (Wildman–Crippen LogP) is 1.37. The van der Waals surface area contributed by atoms with Gasteiger partial charge in [-0.15, -0.1) is 0 Å². The van der Waals surface area contributed by atoms with Crippen molar-refractivity contribution in [3.05, 3.63) is 24.3 Å². The Morgan fingerprint density at radius 1 is 1.19 bits per heavy atom. The number of rotatable bonds is 6. The molecule has 0 aliphatic rings. The van der Waals surface area contributed by atoms with Crippen LogP contribution in [-0.4, -0.2) is 39.8 Å². The van der Waals surface area contributed by atoms with Gasteiger partial charge in [-0.3, -0.25) is 9.10 Å². The molecule has 0 aliphatic carbocycles. The van der Waals surface area contributed by atoms with Gasteiger partial charge in [-0.2, -0.15) is 0 Å². The van der Waals surface area contributed by atoms with Crippen LogP contribution in [0.5, 0.6) is 5.75 Å². The number of hydrogen-bond acceptors (Lipinski definition) is 4. The summed E-state index contributed by atoms with van der Waals surface area (Å²) < 4.78 is 29.5. The summed E-state index contributed by atoms with van der Waals surface area (Å²) in [7, 11) is -1.81. The lowest BCUT2D eigenvalue weighted by Crippen LogP contribution is -2.40. The number of ether oxygens (including phenoxy) is 1. The van der Waals surface area contributed by atoms with Gasteiger partial charge in [-0.05, 0) is 45.0 Å². The topological polar surface area (TPSA) is 75.7 Å². The van der Waals surface area contributed by atoms with Crippen molar-refractivity contribution in [1.29, 1.82) is 0 Å². The number of benzene rings is 1. The predicted molar refractivity (Wildman–Crippen MR) is 83.1 cm³/mol. The average Bonchev–Trinajstić information content (AvgIpc) is 2.36. The molecule has 0 bridgehead atoms. The fraction of sp³-hybridized carbons (Fsp3) is 0.500. The minimum Gasteiger partial charge on any atom is -0.481 e. The molecular weight excluding hydrogens is 292 g/mol. The maximum absolute atomic E-state index is 11.7. The number of hydrogen-bond donors (Lipinski definition) is 1. The third-order valence-corrected chi connectivity index (χ3v) is 4.02. The second-order valence-electron chi connectivity index (χ2n) is 5.15. The quantitative estimate of drug-likeness (QED) is 0.860. The fourth-order valence-corrected chi connectivity index (χ4v) is 2.09. The van der Waals surface area contributed by atoms with Crippen LogP contribution in [0.1, 0.15) is 20.8 Å². The van der Waals surface area contributed by atoms with Crippen LogP contribution in [-0.2, 0) is 14.8 Å². The van der Waals surface area contributed by atoms with Crippen LogP contribution in [0.3, 0.4) is 0 Å². The molecule has 1 N–H and O–H groups in total. The maximum Gasteiger partial charge on any atom is 0.260 e. The lowest BCUT2D eigenvalue weighted by atomic mass is 10.3. The van der Waals surface area contributed by atoms with Gasteiger partial charge in [0.15, 0.2) is 6.10 Å². The van der Waals surface area contributed by atoms with Gasteiger partial charge in [0.1, 0.15) is 5.75 Å². The Hall–Kier alpha value is -1.76. The molecule has 1 aromatic rings. The third kappa shape index (κ3) is 5.26. The SMILES string of the molecule is CC(C)NC(=O)C(C)Oc1ccc(N(C)S(C)(=O)=O)cc1. The summed E-state index contributed by atoms with van der Waals surface area (Å²) >= 11 is 0. The van der Waals surface area contributed by atoms with E-state index in [1.807, 2.05) is 13.8 Å². The zero-order valence-corrected chi connectivity index (χ0v) is 13.8. The van der Waals surface area contributed by atoms with E-state index in [0.29, 0.717) is 11.4 Å². The molecule has 0 aromatic heterocycles. The van der Waals surface area contributed by atoms with Gasteiger partial charge in [-0.1, -0.05) is 0 Å². The Kier molecular flexibility index (Phi) is 5.60. The molecule has 1 atom stereocenters. The highest BCUT2D eigenvalue weighted by Gasteiger charge is 2.16. The second-order valence-corrected chi connectivity index (χ2v) is 7.16. The van der Waals surface area contributed by atoms with E-state index in [1.54, 1.807) is 31.2 Å². The number of anilines is 1. The van der Waals surface area contributed by atoms with Crippen LogP contribution in [0.15, 0.2) is 24.3 Å². The first-order valence-corrected chi connectivity index (χ1v) is 8.47. The van der Waals surface area contributed by atoms with Gasteiger partial charge < -0.3 is 10.1 Å². The molecular formula is C14H22N2O4S. The van der Waals surface area contributed by atoms with Crippen LogP contribution in [0, 0.1) is 0 Å².